The van der Waals surface area contributed by atoms with Gasteiger partial charge in [-0.3, -0.25) is 4.79 Å². The Morgan fingerprint density at radius 1 is 1.28 bits per heavy atom. The van der Waals surface area contributed by atoms with E-state index in [0.29, 0.717) is 21.9 Å². The third kappa shape index (κ3) is 3.53. The molecule has 2 aliphatic heterocycles. The van der Waals surface area contributed by atoms with Crippen molar-refractivity contribution in [2.24, 2.45) is 5.92 Å². The molecule has 2 saturated heterocycles. The number of aryl methyl sites for hydroxylation is 1. The van der Waals surface area contributed by atoms with Gasteiger partial charge in [-0.1, -0.05) is 11.6 Å². The second-order valence-corrected chi connectivity index (χ2v) is 8.74. The third-order valence-corrected chi connectivity index (χ3v) is 6.80. The summed E-state index contributed by atoms with van der Waals surface area (Å²) in [7, 11) is 0. The van der Waals surface area contributed by atoms with Crippen LogP contribution in [0.3, 0.4) is 0 Å². The Labute approximate surface area is 174 Å². The van der Waals surface area contributed by atoms with E-state index in [0.717, 1.165) is 36.6 Å². The number of halogens is 1. The maximum absolute atomic E-state index is 13.1. The number of rotatable bonds is 4. The number of fused-ring (bicyclic) bond motifs is 3. The standard InChI is InChI=1S/C22H26ClNO5/c1-11-12(2)22(27)29-19-9-20(18(23)8-17(11)19)28-13(3)21(26)24-15-4-5-16(24)7-14(6-15)10-25/h8-9,13-16,25H,4-7,10H2,1-3H3/t13?,14?,15-,16+. The zero-order valence-electron chi connectivity index (χ0n) is 16.9. The molecule has 7 heteroatoms. The zero-order valence-corrected chi connectivity index (χ0v) is 17.7. The number of aliphatic hydroxyl groups excluding tert-OH is 1. The van der Waals surface area contributed by atoms with E-state index in [-0.39, 0.29) is 30.5 Å². The lowest BCUT2D eigenvalue weighted by Crippen LogP contribution is -2.51. The Bertz CT molecular complexity index is 1000. The van der Waals surface area contributed by atoms with Crippen LogP contribution in [0.1, 0.15) is 43.7 Å². The predicted octanol–water partition coefficient (Wildman–Crippen LogP) is 3.59. The van der Waals surface area contributed by atoms with Gasteiger partial charge < -0.3 is 19.2 Å². The van der Waals surface area contributed by atoms with E-state index >= 15 is 0 Å². The normalized spacial score (nSPS) is 24.7. The van der Waals surface area contributed by atoms with Crippen LogP contribution in [0.2, 0.25) is 5.02 Å². The first-order chi connectivity index (χ1) is 13.8. The Morgan fingerprint density at radius 2 is 1.93 bits per heavy atom. The summed E-state index contributed by atoms with van der Waals surface area (Å²) in [5.41, 5.74) is 1.36. The van der Waals surface area contributed by atoms with Crippen molar-refractivity contribution in [3.8, 4) is 5.75 Å². The highest BCUT2D eigenvalue weighted by Gasteiger charge is 2.44. The second kappa shape index (κ2) is 7.65. The maximum Gasteiger partial charge on any atom is 0.339 e. The fraction of sp³-hybridized carbons (Fsp3) is 0.545. The van der Waals surface area contributed by atoms with Crippen LogP contribution in [-0.2, 0) is 4.79 Å². The molecule has 1 aromatic heterocycles. The lowest BCUT2D eigenvalue weighted by Gasteiger charge is -2.39. The number of amides is 1. The first kappa shape index (κ1) is 20.2. The Hall–Kier alpha value is -2.05. The highest BCUT2D eigenvalue weighted by atomic mass is 35.5. The minimum atomic E-state index is -0.711. The quantitative estimate of drug-likeness (QED) is 0.766. The average molecular weight is 420 g/mol. The van der Waals surface area contributed by atoms with Gasteiger partial charge in [0.05, 0.1) is 5.02 Å². The van der Waals surface area contributed by atoms with Gasteiger partial charge in [0, 0.05) is 35.7 Å². The summed E-state index contributed by atoms with van der Waals surface area (Å²) in [5, 5.41) is 10.6. The first-order valence-electron chi connectivity index (χ1n) is 10.1. The Morgan fingerprint density at radius 3 is 2.55 bits per heavy atom. The molecular formula is C22H26ClNO5. The minimum absolute atomic E-state index is 0.0633. The van der Waals surface area contributed by atoms with Gasteiger partial charge in [-0.15, -0.1) is 0 Å². The van der Waals surface area contributed by atoms with Crippen molar-refractivity contribution in [1.29, 1.82) is 0 Å². The van der Waals surface area contributed by atoms with E-state index in [2.05, 4.69) is 0 Å². The monoisotopic (exact) mass is 419 g/mol. The lowest BCUT2D eigenvalue weighted by atomic mass is 9.91. The fourth-order valence-corrected chi connectivity index (χ4v) is 4.99. The van der Waals surface area contributed by atoms with Crippen LogP contribution in [-0.4, -0.2) is 40.7 Å². The maximum atomic E-state index is 13.1. The molecule has 1 N–H and O–H groups in total. The molecule has 1 amide bonds. The molecule has 156 valence electrons. The van der Waals surface area contributed by atoms with Crippen molar-refractivity contribution >= 4 is 28.5 Å². The van der Waals surface area contributed by atoms with Crippen molar-refractivity contribution in [2.75, 3.05) is 6.61 Å². The zero-order chi connectivity index (χ0) is 20.9. The summed E-state index contributed by atoms with van der Waals surface area (Å²) in [4.78, 5) is 27.1. The predicted molar refractivity (Wildman–Crippen MR) is 111 cm³/mol. The molecule has 2 aliphatic rings. The molecule has 2 bridgehead atoms. The fourth-order valence-electron chi connectivity index (χ4n) is 4.78. The number of hydrogen-bond donors (Lipinski definition) is 1. The summed E-state index contributed by atoms with van der Waals surface area (Å²) in [6.45, 7) is 5.46. The average Bonchev–Trinajstić information content (AvgIpc) is 2.96. The van der Waals surface area contributed by atoms with Gasteiger partial charge in [0.1, 0.15) is 11.3 Å². The number of nitrogens with zero attached hydrogens (tertiary/aromatic N) is 1. The number of carbonyl (C=O) groups is 1. The van der Waals surface area contributed by atoms with Crippen LogP contribution < -0.4 is 10.4 Å². The summed E-state index contributed by atoms with van der Waals surface area (Å²) in [6.07, 6.45) is 2.91. The summed E-state index contributed by atoms with van der Waals surface area (Å²) in [6, 6.07) is 3.63. The van der Waals surface area contributed by atoms with Crippen molar-refractivity contribution < 1.29 is 19.1 Å². The van der Waals surface area contributed by atoms with Crippen LogP contribution in [0.25, 0.3) is 11.0 Å². The van der Waals surface area contributed by atoms with E-state index < -0.39 is 11.7 Å². The molecule has 0 radical (unpaired) electrons. The summed E-state index contributed by atoms with van der Waals surface area (Å²) in [5.74, 6) is 0.535. The highest BCUT2D eigenvalue weighted by Crippen LogP contribution is 2.39. The smallest absolute Gasteiger partial charge is 0.339 e. The van der Waals surface area contributed by atoms with Crippen molar-refractivity contribution in [1.82, 2.24) is 4.90 Å². The Kier molecular flexibility index (Phi) is 5.34. The van der Waals surface area contributed by atoms with E-state index in [1.54, 1.807) is 26.0 Å². The Balaban J connectivity index is 1.57. The highest BCUT2D eigenvalue weighted by molar-refractivity contribution is 6.32. The number of hydrogen-bond acceptors (Lipinski definition) is 5. The molecule has 3 heterocycles. The van der Waals surface area contributed by atoms with Crippen LogP contribution in [0.15, 0.2) is 21.3 Å². The molecule has 4 atom stereocenters. The SMILES string of the molecule is Cc1c(C)c2cc(Cl)c(OC(C)C(=O)N3[C@@H]4CC[C@H]3CC(CO)C4)cc2oc1=O. The minimum Gasteiger partial charge on any atom is -0.479 e. The van der Waals surface area contributed by atoms with E-state index in [4.69, 9.17) is 20.8 Å². The van der Waals surface area contributed by atoms with Crippen molar-refractivity contribution in [3.05, 3.63) is 38.7 Å². The third-order valence-electron chi connectivity index (χ3n) is 6.50. The number of benzene rings is 1. The van der Waals surface area contributed by atoms with Crippen LogP contribution in [0.5, 0.6) is 5.75 Å². The van der Waals surface area contributed by atoms with Gasteiger partial charge in [0.25, 0.3) is 5.91 Å². The molecule has 0 spiro atoms. The van der Waals surface area contributed by atoms with Crippen molar-refractivity contribution in [3.63, 3.8) is 0 Å². The number of carbonyl (C=O) groups excluding carboxylic acids is 1. The molecule has 2 fully saturated rings. The molecule has 0 saturated carbocycles. The number of aliphatic hydroxyl groups is 1. The van der Waals surface area contributed by atoms with Gasteiger partial charge in [-0.2, -0.15) is 0 Å². The van der Waals surface area contributed by atoms with Crippen LogP contribution in [0.4, 0.5) is 0 Å². The van der Waals surface area contributed by atoms with E-state index in [1.165, 1.54) is 0 Å². The van der Waals surface area contributed by atoms with Gasteiger partial charge >= 0.3 is 5.63 Å². The molecule has 0 aliphatic carbocycles. The largest absolute Gasteiger partial charge is 0.479 e. The summed E-state index contributed by atoms with van der Waals surface area (Å²) < 4.78 is 11.3. The van der Waals surface area contributed by atoms with Gasteiger partial charge in [-0.05, 0) is 64.0 Å². The summed E-state index contributed by atoms with van der Waals surface area (Å²) >= 11 is 6.41. The van der Waals surface area contributed by atoms with Gasteiger partial charge in [-0.25, -0.2) is 4.79 Å². The molecular weight excluding hydrogens is 394 g/mol. The number of piperidine rings is 1. The topological polar surface area (TPSA) is 80.0 Å². The second-order valence-electron chi connectivity index (χ2n) is 8.33. The van der Waals surface area contributed by atoms with Crippen molar-refractivity contribution in [2.45, 2.75) is 64.6 Å². The molecule has 2 unspecified atom stereocenters. The van der Waals surface area contributed by atoms with E-state index in [9.17, 15) is 14.7 Å². The molecule has 4 rings (SSSR count). The lowest BCUT2D eigenvalue weighted by molar-refractivity contribution is -0.143. The van der Waals surface area contributed by atoms with E-state index in [1.807, 2.05) is 11.8 Å². The molecule has 1 aromatic carbocycles. The molecule has 29 heavy (non-hydrogen) atoms. The first-order valence-corrected chi connectivity index (χ1v) is 10.5. The van der Waals surface area contributed by atoms with Gasteiger partial charge in [0.2, 0.25) is 0 Å². The van der Waals surface area contributed by atoms with Crippen LogP contribution >= 0.6 is 11.6 Å². The molecule has 6 nitrogen and oxygen atoms in total. The number of ether oxygens (including phenoxy) is 1. The van der Waals surface area contributed by atoms with Crippen LogP contribution in [0, 0.1) is 19.8 Å². The van der Waals surface area contributed by atoms with Gasteiger partial charge in [0.15, 0.2) is 6.10 Å². The molecule has 2 aromatic rings.